The van der Waals surface area contributed by atoms with Crippen molar-refractivity contribution in [1.82, 2.24) is 0 Å². The van der Waals surface area contributed by atoms with E-state index in [1.165, 1.54) is 18.4 Å². The van der Waals surface area contributed by atoms with Crippen molar-refractivity contribution >= 4 is 11.6 Å². The fraction of sp³-hybridized carbons (Fsp3) is 0.636. The first-order valence-corrected chi connectivity index (χ1v) is 9.69. The average Bonchev–Trinajstić information content (AvgIpc) is 3.04. The van der Waals surface area contributed by atoms with Crippen LogP contribution in [0.2, 0.25) is 0 Å². The van der Waals surface area contributed by atoms with E-state index in [4.69, 9.17) is 0 Å². The number of hydrogen-bond donors (Lipinski definition) is 0. The molecule has 0 aliphatic heterocycles. The van der Waals surface area contributed by atoms with E-state index in [2.05, 4.69) is 25.2 Å². The summed E-state index contributed by atoms with van der Waals surface area (Å²) in [6, 6.07) is 0. The molecule has 6 atom stereocenters. The largest absolute Gasteiger partial charge is 0.299 e. The van der Waals surface area contributed by atoms with E-state index < -0.39 is 0 Å². The van der Waals surface area contributed by atoms with Gasteiger partial charge in [0.15, 0.2) is 5.78 Å². The molecule has 0 radical (unpaired) electrons. The van der Waals surface area contributed by atoms with Gasteiger partial charge in [0.25, 0.3) is 0 Å². The molecular formula is C22H26O2. The number of rotatable bonds is 2. The zero-order valence-corrected chi connectivity index (χ0v) is 14.7. The summed E-state index contributed by atoms with van der Waals surface area (Å²) in [5.74, 6) is 2.90. The first-order valence-electron chi connectivity index (χ1n) is 9.69. The zero-order chi connectivity index (χ0) is 16.7. The summed E-state index contributed by atoms with van der Waals surface area (Å²) in [7, 11) is 0. The fourth-order valence-electron chi connectivity index (χ4n) is 6.94. The molecule has 0 aromatic carbocycles. The molecule has 0 aromatic rings. The maximum absolute atomic E-state index is 12.4. The second kappa shape index (κ2) is 4.59. The third-order valence-corrected chi connectivity index (χ3v) is 8.15. The molecular weight excluding hydrogens is 296 g/mol. The van der Waals surface area contributed by atoms with Crippen LogP contribution in [-0.4, -0.2) is 11.6 Å². The number of allylic oxidation sites excluding steroid dienone is 6. The Hall–Kier alpha value is -1.44. The Morgan fingerprint density at radius 3 is 2.88 bits per heavy atom. The molecule has 126 valence electrons. The van der Waals surface area contributed by atoms with Gasteiger partial charge in [0, 0.05) is 30.1 Å². The number of carbonyl (C=O) groups is 2. The highest BCUT2D eigenvalue weighted by Crippen LogP contribution is 2.77. The molecule has 5 aliphatic carbocycles. The van der Waals surface area contributed by atoms with Crippen molar-refractivity contribution in [1.29, 1.82) is 0 Å². The topological polar surface area (TPSA) is 34.1 Å². The molecule has 24 heavy (non-hydrogen) atoms. The SMILES string of the molecule is CCC(=O)C1C2CCC3C4C=CC5=CC(=O)CCC5(C)C4=CCC321. The number of fused-ring (bicyclic) bond motifs is 4. The van der Waals surface area contributed by atoms with E-state index >= 15 is 0 Å². The second-order valence-corrected chi connectivity index (χ2v) is 8.85. The highest BCUT2D eigenvalue weighted by molar-refractivity contribution is 5.92. The smallest absolute Gasteiger partial charge is 0.156 e. The van der Waals surface area contributed by atoms with Gasteiger partial charge in [-0.2, -0.15) is 0 Å². The van der Waals surface area contributed by atoms with Gasteiger partial charge in [0.2, 0.25) is 0 Å². The molecule has 0 amide bonds. The van der Waals surface area contributed by atoms with Crippen molar-refractivity contribution in [2.45, 2.75) is 52.4 Å². The molecule has 0 heterocycles. The monoisotopic (exact) mass is 322 g/mol. The van der Waals surface area contributed by atoms with Crippen LogP contribution in [0.1, 0.15) is 52.4 Å². The van der Waals surface area contributed by atoms with E-state index in [-0.39, 0.29) is 16.6 Å². The summed E-state index contributed by atoms with van der Waals surface area (Å²) in [4.78, 5) is 24.3. The minimum atomic E-state index is 0.0478. The Morgan fingerprint density at radius 2 is 2.08 bits per heavy atom. The number of carbonyl (C=O) groups excluding carboxylic acids is 2. The van der Waals surface area contributed by atoms with Crippen molar-refractivity contribution in [2.75, 3.05) is 0 Å². The van der Waals surface area contributed by atoms with Crippen molar-refractivity contribution in [3.63, 3.8) is 0 Å². The Labute approximate surface area is 144 Å². The van der Waals surface area contributed by atoms with Crippen molar-refractivity contribution in [3.05, 3.63) is 35.5 Å². The third kappa shape index (κ3) is 1.58. The van der Waals surface area contributed by atoms with Crippen LogP contribution in [0.5, 0.6) is 0 Å². The predicted octanol–water partition coefficient (Wildman–Crippen LogP) is 4.42. The van der Waals surface area contributed by atoms with E-state index in [1.54, 1.807) is 5.57 Å². The Balaban J connectivity index is 1.56. The Morgan fingerprint density at radius 1 is 1.29 bits per heavy atom. The highest BCUT2D eigenvalue weighted by atomic mass is 16.1. The lowest BCUT2D eigenvalue weighted by Crippen LogP contribution is -2.40. The zero-order valence-electron chi connectivity index (χ0n) is 14.7. The normalized spacial score (nSPS) is 47.8. The molecule has 5 aliphatic rings. The van der Waals surface area contributed by atoms with Crippen LogP contribution in [-0.2, 0) is 9.59 Å². The van der Waals surface area contributed by atoms with E-state index in [9.17, 15) is 9.59 Å². The van der Waals surface area contributed by atoms with Gasteiger partial charge >= 0.3 is 0 Å². The van der Waals surface area contributed by atoms with Crippen molar-refractivity contribution < 1.29 is 9.59 Å². The van der Waals surface area contributed by atoms with E-state index in [1.807, 2.05) is 13.0 Å². The lowest BCUT2D eigenvalue weighted by Gasteiger charge is -2.48. The molecule has 2 nitrogen and oxygen atoms in total. The van der Waals surface area contributed by atoms with Crippen LogP contribution in [0.3, 0.4) is 0 Å². The summed E-state index contributed by atoms with van der Waals surface area (Å²) in [6.07, 6.45) is 14.9. The predicted molar refractivity (Wildman–Crippen MR) is 93.2 cm³/mol. The fourth-order valence-corrected chi connectivity index (χ4v) is 6.94. The van der Waals surface area contributed by atoms with E-state index in [0.717, 1.165) is 12.8 Å². The van der Waals surface area contributed by atoms with Crippen LogP contribution in [0, 0.1) is 34.5 Å². The van der Waals surface area contributed by atoms with Crippen LogP contribution in [0.4, 0.5) is 0 Å². The molecule has 6 unspecified atom stereocenters. The van der Waals surface area contributed by atoms with Gasteiger partial charge in [0.05, 0.1) is 0 Å². The molecule has 2 saturated carbocycles. The third-order valence-electron chi connectivity index (χ3n) is 8.15. The molecule has 2 fully saturated rings. The van der Waals surface area contributed by atoms with Crippen LogP contribution < -0.4 is 0 Å². The van der Waals surface area contributed by atoms with Crippen molar-refractivity contribution in [3.8, 4) is 0 Å². The first kappa shape index (κ1) is 14.9. The van der Waals surface area contributed by atoms with Crippen molar-refractivity contribution in [2.24, 2.45) is 34.5 Å². The maximum atomic E-state index is 12.4. The number of hydrogen-bond acceptors (Lipinski definition) is 2. The van der Waals surface area contributed by atoms with Gasteiger partial charge < -0.3 is 0 Å². The van der Waals surface area contributed by atoms with Gasteiger partial charge in [-0.15, -0.1) is 0 Å². The van der Waals surface area contributed by atoms with Gasteiger partial charge in [-0.05, 0) is 54.6 Å². The Bertz CT molecular complexity index is 739. The van der Waals surface area contributed by atoms with Crippen LogP contribution >= 0.6 is 0 Å². The highest BCUT2D eigenvalue weighted by Gasteiger charge is 2.74. The molecule has 0 saturated heterocycles. The number of ketones is 2. The average molecular weight is 322 g/mol. The maximum Gasteiger partial charge on any atom is 0.156 e. The molecule has 0 bridgehead atoms. The van der Waals surface area contributed by atoms with Gasteiger partial charge in [-0.1, -0.05) is 37.6 Å². The summed E-state index contributed by atoms with van der Waals surface area (Å²) >= 11 is 0. The van der Waals surface area contributed by atoms with Gasteiger partial charge in [-0.25, -0.2) is 0 Å². The van der Waals surface area contributed by atoms with Gasteiger partial charge in [0.1, 0.15) is 5.78 Å². The first-order chi connectivity index (χ1) is 11.5. The molecule has 5 rings (SSSR count). The minimum absolute atomic E-state index is 0.0478. The quantitative estimate of drug-likeness (QED) is 0.705. The molecule has 0 aromatic heterocycles. The minimum Gasteiger partial charge on any atom is -0.299 e. The van der Waals surface area contributed by atoms with Crippen LogP contribution in [0.25, 0.3) is 0 Å². The van der Waals surface area contributed by atoms with Crippen LogP contribution in [0.15, 0.2) is 35.5 Å². The molecule has 2 heteroatoms. The standard InChI is InChI=1S/C22H26O2/c1-3-19(24)20-18-7-6-17-15-5-4-13-12-14(23)8-10-21(13,2)16(15)9-11-22(17,18)20/h4-5,9,12,15,17-18,20H,3,6-8,10-11H2,1-2H3. The summed E-state index contributed by atoms with van der Waals surface area (Å²) < 4.78 is 0. The number of Topliss-reactive ketones (excluding diaryl/α,β-unsaturated/α-hetero) is 1. The van der Waals surface area contributed by atoms with E-state index in [0.29, 0.717) is 42.3 Å². The van der Waals surface area contributed by atoms with Gasteiger partial charge in [-0.3, -0.25) is 9.59 Å². The summed E-state index contributed by atoms with van der Waals surface area (Å²) in [5, 5.41) is 0. The second-order valence-electron chi connectivity index (χ2n) is 8.85. The lowest BCUT2D eigenvalue weighted by molar-refractivity contribution is -0.121. The summed E-state index contributed by atoms with van der Waals surface area (Å²) in [5.41, 5.74) is 3.10. The molecule has 1 spiro atoms. The lowest BCUT2D eigenvalue weighted by atomic mass is 9.55. The summed E-state index contributed by atoms with van der Waals surface area (Å²) in [6.45, 7) is 4.35. The molecule has 0 N–H and O–H groups in total. The Kier molecular flexibility index (Phi) is 2.84.